The Balaban J connectivity index is 2.33. The third kappa shape index (κ3) is 3.60. The van der Waals surface area contributed by atoms with E-state index in [0.29, 0.717) is 12.2 Å². The lowest BCUT2D eigenvalue weighted by molar-refractivity contribution is 0.0948. The van der Waals surface area contributed by atoms with E-state index in [0.717, 1.165) is 5.56 Å². The van der Waals surface area contributed by atoms with E-state index < -0.39 is 0 Å². The van der Waals surface area contributed by atoms with Gasteiger partial charge < -0.3 is 9.15 Å². The van der Waals surface area contributed by atoms with Gasteiger partial charge in [-0.25, -0.2) is 0 Å². The number of carbonyl (C=O) groups is 1. The summed E-state index contributed by atoms with van der Waals surface area (Å²) in [5.74, 6) is 0.287. The standard InChI is InChI=1S/C17H18O4/c1-3-13-10-15(19)16(17(21-13)14(18)4-2)20-11-12-8-6-5-7-9-12/h5-10H,3-4,11H2,1-2H3. The molecule has 4 heteroatoms. The first-order valence-electron chi connectivity index (χ1n) is 7.02. The highest BCUT2D eigenvalue weighted by molar-refractivity contribution is 5.95. The molecule has 0 N–H and O–H groups in total. The lowest BCUT2D eigenvalue weighted by atomic mass is 10.2. The first kappa shape index (κ1) is 15.0. The van der Waals surface area contributed by atoms with Crippen LogP contribution in [0, 0.1) is 0 Å². The zero-order valence-corrected chi connectivity index (χ0v) is 12.2. The second-order valence-corrected chi connectivity index (χ2v) is 4.64. The van der Waals surface area contributed by atoms with Crippen molar-refractivity contribution in [3.05, 3.63) is 63.7 Å². The molecule has 2 rings (SSSR count). The van der Waals surface area contributed by atoms with Gasteiger partial charge in [-0.3, -0.25) is 9.59 Å². The van der Waals surface area contributed by atoms with Crippen LogP contribution in [0.1, 0.15) is 42.1 Å². The average molecular weight is 286 g/mol. The molecule has 110 valence electrons. The van der Waals surface area contributed by atoms with Gasteiger partial charge in [-0.2, -0.15) is 0 Å². The van der Waals surface area contributed by atoms with Crippen LogP contribution in [-0.2, 0) is 13.0 Å². The number of aryl methyl sites for hydroxylation is 1. The summed E-state index contributed by atoms with van der Waals surface area (Å²) in [6.45, 7) is 3.81. The second kappa shape index (κ2) is 6.88. The third-order valence-corrected chi connectivity index (χ3v) is 3.10. The molecule has 0 atom stereocenters. The molecule has 4 nitrogen and oxygen atoms in total. The van der Waals surface area contributed by atoms with Crippen molar-refractivity contribution in [1.29, 1.82) is 0 Å². The summed E-state index contributed by atoms with van der Waals surface area (Å²) in [5, 5.41) is 0. The van der Waals surface area contributed by atoms with Gasteiger partial charge in [-0.05, 0) is 5.56 Å². The van der Waals surface area contributed by atoms with Gasteiger partial charge in [0.2, 0.25) is 22.7 Å². The Labute approximate surface area is 123 Å². The number of ketones is 1. The van der Waals surface area contributed by atoms with Gasteiger partial charge in [0.05, 0.1) is 0 Å². The Kier molecular flexibility index (Phi) is 4.93. The minimum absolute atomic E-state index is 0.00269. The smallest absolute Gasteiger partial charge is 0.227 e. The fourth-order valence-electron chi connectivity index (χ4n) is 1.92. The first-order valence-corrected chi connectivity index (χ1v) is 7.02. The number of ether oxygens (including phenoxy) is 1. The molecular formula is C17H18O4. The van der Waals surface area contributed by atoms with Gasteiger partial charge in [0.15, 0.2) is 0 Å². The van der Waals surface area contributed by atoms with Crippen molar-refractivity contribution in [2.75, 3.05) is 0 Å². The summed E-state index contributed by atoms with van der Waals surface area (Å²) < 4.78 is 11.1. The van der Waals surface area contributed by atoms with Crippen LogP contribution in [0.2, 0.25) is 0 Å². The van der Waals surface area contributed by atoms with Crippen LogP contribution in [-0.4, -0.2) is 5.78 Å². The van der Waals surface area contributed by atoms with Gasteiger partial charge in [-0.15, -0.1) is 0 Å². The maximum atomic E-state index is 12.1. The van der Waals surface area contributed by atoms with E-state index in [1.54, 1.807) is 6.92 Å². The number of hydrogen-bond donors (Lipinski definition) is 0. The molecule has 0 radical (unpaired) electrons. The summed E-state index contributed by atoms with van der Waals surface area (Å²) in [7, 11) is 0. The van der Waals surface area contributed by atoms with Crippen molar-refractivity contribution < 1.29 is 13.9 Å². The monoisotopic (exact) mass is 286 g/mol. The number of benzene rings is 1. The summed E-state index contributed by atoms with van der Waals surface area (Å²) in [5.41, 5.74) is 0.609. The van der Waals surface area contributed by atoms with Gasteiger partial charge in [0.25, 0.3) is 0 Å². The van der Waals surface area contributed by atoms with E-state index in [2.05, 4.69) is 0 Å². The van der Waals surface area contributed by atoms with Crippen molar-refractivity contribution in [3.8, 4) is 5.75 Å². The Morgan fingerprint density at radius 2 is 1.90 bits per heavy atom. The normalized spacial score (nSPS) is 10.4. The molecule has 1 aromatic heterocycles. The van der Waals surface area contributed by atoms with Gasteiger partial charge in [0, 0.05) is 18.9 Å². The highest BCUT2D eigenvalue weighted by Gasteiger charge is 2.19. The van der Waals surface area contributed by atoms with E-state index in [4.69, 9.17) is 9.15 Å². The summed E-state index contributed by atoms with van der Waals surface area (Å²) in [6.07, 6.45) is 0.815. The zero-order valence-electron chi connectivity index (χ0n) is 12.2. The molecule has 0 aliphatic heterocycles. The van der Waals surface area contributed by atoms with Crippen molar-refractivity contribution in [3.63, 3.8) is 0 Å². The number of Topliss-reactive ketones (excluding diaryl/α,β-unsaturated/α-hetero) is 1. The van der Waals surface area contributed by atoms with Gasteiger partial charge in [-0.1, -0.05) is 44.2 Å². The van der Waals surface area contributed by atoms with E-state index in [1.165, 1.54) is 6.07 Å². The summed E-state index contributed by atoms with van der Waals surface area (Å²) in [4.78, 5) is 24.1. The Hall–Kier alpha value is -2.36. The van der Waals surface area contributed by atoms with Crippen molar-refractivity contribution >= 4 is 5.78 Å². The Morgan fingerprint density at radius 1 is 1.19 bits per heavy atom. The molecule has 0 bridgehead atoms. The predicted molar refractivity (Wildman–Crippen MR) is 79.8 cm³/mol. The van der Waals surface area contributed by atoms with Crippen molar-refractivity contribution in [2.45, 2.75) is 33.3 Å². The van der Waals surface area contributed by atoms with Crippen LogP contribution in [0.3, 0.4) is 0 Å². The summed E-state index contributed by atoms with van der Waals surface area (Å²) >= 11 is 0. The molecule has 1 heterocycles. The van der Waals surface area contributed by atoms with Crippen LogP contribution in [0.15, 0.2) is 45.6 Å². The molecule has 1 aromatic carbocycles. The fourth-order valence-corrected chi connectivity index (χ4v) is 1.92. The Bertz CT molecular complexity index is 671. The minimum atomic E-state index is -0.314. The lowest BCUT2D eigenvalue weighted by Crippen LogP contribution is -2.14. The van der Waals surface area contributed by atoms with E-state index in [-0.39, 0.29) is 35.7 Å². The first-order chi connectivity index (χ1) is 10.2. The van der Waals surface area contributed by atoms with Crippen LogP contribution >= 0.6 is 0 Å². The maximum absolute atomic E-state index is 12.1. The molecule has 0 unspecified atom stereocenters. The molecule has 21 heavy (non-hydrogen) atoms. The van der Waals surface area contributed by atoms with E-state index in [1.807, 2.05) is 37.3 Å². The van der Waals surface area contributed by atoms with Crippen LogP contribution in [0.4, 0.5) is 0 Å². The average Bonchev–Trinajstić information content (AvgIpc) is 2.53. The molecule has 0 aliphatic rings. The van der Waals surface area contributed by atoms with Gasteiger partial charge >= 0.3 is 0 Å². The van der Waals surface area contributed by atoms with E-state index >= 15 is 0 Å². The third-order valence-electron chi connectivity index (χ3n) is 3.10. The highest BCUT2D eigenvalue weighted by Crippen LogP contribution is 2.19. The largest absolute Gasteiger partial charge is 0.481 e. The van der Waals surface area contributed by atoms with E-state index in [9.17, 15) is 9.59 Å². The van der Waals surface area contributed by atoms with Gasteiger partial charge in [0.1, 0.15) is 12.4 Å². The molecule has 0 spiro atoms. The number of rotatable bonds is 6. The Morgan fingerprint density at radius 3 is 2.52 bits per heavy atom. The summed E-state index contributed by atoms with van der Waals surface area (Å²) in [6, 6.07) is 10.8. The lowest BCUT2D eigenvalue weighted by Gasteiger charge is -2.10. The SMILES string of the molecule is CCC(=O)c1oc(CC)cc(=O)c1OCc1ccccc1. The highest BCUT2D eigenvalue weighted by atomic mass is 16.5. The van der Waals surface area contributed by atoms with Crippen molar-refractivity contribution in [1.82, 2.24) is 0 Å². The maximum Gasteiger partial charge on any atom is 0.227 e. The number of hydrogen-bond acceptors (Lipinski definition) is 4. The topological polar surface area (TPSA) is 56.5 Å². The molecule has 0 aliphatic carbocycles. The zero-order chi connectivity index (χ0) is 15.2. The minimum Gasteiger partial charge on any atom is -0.481 e. The number of carbonyl (C=O) groups excluding carboxylic acids is 1. The molecule has 2 aromatic rings. The molecule has 0 fully saturated rings. The van der Waals surface area contributed by atoms with Crippen LogP contribution in [0.25, 0.3) is 0 Å². The van der Waals surface area contributed by atoms with Crippen LogP contribution < -0.4 is 10.2 Å². The molecule has 0 saturated carbocycles. The predicted octanol–water partition coefficient (Wildman–Crippen LogP) is 3.37. The second-order valence-electron chi connectivity index (χ2n) is 4.64. The molecule has 0 amide bonds. The quantitative estimate of drug-likeness (QED) is 0.764. The molecular weight excluding hydrogens is 268 g/mol. The van der Waals surface area contributed by atoms with Crippen LogP contribution in [0.5, 0.6) is 5.75 Å². The fraction of sp³-hybridized carbons (Fsp3) is 0.294. The van der Waals surface area contributed by atoms with Crippen molar-refractivity contribution in [2.24, 2.45) is 0 Å². The molecule has 0 saturated heterocycles.